The molecule has 8 heteroatoms. The van der Waals surface area contributed by atoms with Crippen LogP contribution < -0.4 is 16.2 Å². The van der Waals surface area contributed by atoms with Crippen LogP contribution in [0.2, 0.25) is 0 Å². The minimum atomic E-state index is -0.463. The van der Waals surface area contributed by atoms with Gasteiger partial charge in [0.1, 0.15) is 0 Å². The summed E-state index contributed by atoms with van der Waals surface area (Å²) in [7, 11) is 1.88. The van der Waals surface area contributed by atoms with Crippen molar-refractivity contribution in [2.75, 3.05) is 26.3 Å². The van der Waals surface area contributed by atoms with E-state index in [-0.39, 0.29) is 5.91 Å². The summed E-state index contributed by atoms with van der Waals surface area (Å²) in [6, 6.07) is 15.2. The smallest absolute Gasteiger partial charge is 0.333 e. The summed E-state index contributed by atoms with van der Waals surface area (Å²) in [6.45, 7) is 4.50. The highest BCUT2D eigenvalue weighted by molar-refractivity contribution is 6.07. The van der Waals surface area contributed by atoms with Crippen molar-refractivity contribution in [2.24, 2.45) is 7.05 Å². The number of hydrogen-bond acceptors (Lipinski definition) is 4. The molecule has 0 saturated carbocycles. The van der Waals surface area contributed by atoms with Crippen LogP contribution in [-0.2, 0) is 24.9 Å². The highest BCUT2D eigenvalue weighted by atomic mass is 16.5. The summed E-state index contributed by atoms with van der Waals surface area (Å²) in [5, 5.41) is 3.65. The van der Waals surface area contributed by atoms with Crippen molar-refractivity contribution in [3.05, 3.63) is 71.4 Å². The topological polar surface area (TPSA) is 87.6 Å². The Morgan fingerprint density at radius 2 is 1.68 bits per heavy atom. The van der Waals surface area contributed by atoms with Gasteiger partial charge in [0.25, 0.3) is 5.91 Å². The number of nitrogens with one attached hydrogen (secondary N) is 3. The molecule has 2 heterocycles. The first kappa shape index (κ1) is 20.9. The molecule has 0 aliphatic carbocycles. The van der Waals surface area contributed by atoms with Crippen LogP contribution in [0.5, 0.6) is 0 Å². The summed E-state index contributed by atoms with van der Waals surface area (Å²) >= 11 is 0. The summed E-state index contributed by atoms with van der Waals surface area (Å²) < 4.78 is 7.29. The lowest BCUT2D eigenvalue weighted by atomic mass is 10.1. The van der Waals surface area contributed by atoms with Gasteiger partial charge in [0.05, 0.1) is 18.8 Å². The molecule has 1 aliphatic rings. The van der Waals surface area contributed by atoms with Gasteiger partial charge in [-0.25, -0.2) is 10.2 Å². The normalized spacial score (nSPS) is 14.4. The molecule has 162 valence electrons. The fraction of sp³-hybridized carbons (Fsp3) is 0.304. The van der Waals surface area contributed by atoms with E-state index in [0.29, 0.717) is 12.1 Å². The number of aryl methyl sites for hydroxylation is 1. The average Bonchev–Trinajstić information content (AvgIpc) is 3.14. The monoisotopic (exact) mass is 421 g/mol. The summed E-state index contributed by atoms with van der Waals surface area (Å²) in [4.78, 5) is 27.1. The number of aromatic nitrogens is 1. The van der Waals surface area contributed by atoms with Crippen molar-refractivity contribution in [1.82, 2.24) is 25.6 Å². The van der Waals surface area contributed by atoms with Gasteiger partial charge in [-0.3, -0.25) is 15.1 Å². The van der Waals surface area contributed by atoms with Crippen LogP contribution in [0.4, 0.5) is 4.79 Å². The molecular formula is C23H27N5O3. The van der Waals surface area contributed by atoms with E-state index in [0.717, 1.165) is 49.3 Å². The van der Waals surface area contributed by atoms with Gasteiger partial charge in [0.15, 0.2) is 0 Å². The summed E-state index contributed by atoms with van der Waals surface area (Å²) in [5.74, 6) is -0.361. The van der Waals surface area contributed by atoms with Crippen molar-refractivity contribution < 1.29 is 14.3 Å². The molecule has 8 nitrogen and oxygen atoms in total. The van der Waals surface area contributed by atoms with Crippen molar-refractivity contribution in [3.8, 4) is 0 Å². The van der Waals surface area contributed by atoms with Gasteiger partial charge in [0.2, 0.25) is 0 Å². The third-order valence-corrected chi connectivity index (χ3v) is 5.49. The van der Waals surface area contributed by atoms with Gasteiger partial charge in [-0.15, -0.1) is 0 Å². The van der Waals surface area contributed by atoms with E-state index in [4.69, 9.17) is 4.74 Å². The number of urea groups is 1. The number of amides is 3. The van der Waals surface area contributed by atoms with E-state index in [1.165, 1.54) is 5.56 Å². The number of hydrazine groups is 1. The van der Waals surface area contributed by atoms with Crippen molar-refractivity contribution >= 4 is 22.8 Å². The number of morpholine rings is 1. The number of nitrogens with zero attached hydrogens (tertiary/aromatic N) is 2. The lowest BCUT2D eigenvalue weighted by molar-refractivity contribution is 0.0341. The third kappa shape index (κ3) is 5.04. The zero-order valence-electron chi connectivity index (χ0n) is 17.6. The first-order valence-corrected chi connectivity index (χ1v) is 10.4. The van der Waals surface area contributed by atoms with E-state index in [1.807, 2.05) is 54.1 Å². The molecule has 3 amide bonds. The number of fused-ring (bicyclic) bond motifs is 1. The lowest BCUT2D eigenvalue weighted by Crippen LogP contribution is -2.46. The minimum absolute atomic E-state index is 0.361. The number of benzene rings is 2. The molecular weight excluding hydrogens is 394 g/mol. The number of rotatable bonds is 5. The summed E-state index contributed by atoms with van der Waals surface area (Å²) in [5.41, 5.74) is 8.60. The van der Waals surface area contributed by atoms with Crippen LogP contribution in [0.1, 0.15) is 21.5 Å². The van der Waals surface area contributed by atoms with Gasteiger partial charge in [0, 0.05) is 50.3 Å². The number of hydrogen-bond donors (Lipinski definition) is 3. The molecule has 0 unspecified atom stereocenters. The fourth-order valence-corrected chi connectivity index (χ4v) is 3.81. The Balaban J connectivity index is 1.31. The molecule has 3 N–H and O–H groups in total. The standard InChI is InChI=1S/C23H27N5O3/c1-27-16-20(19-8-4-5-9-21(19)27)22(29)25-26-23(30)24-14-17-6-2-3-7-18(17)15-28-10-12-31-13-11-28/h2-9,16H,10-15H2,1H3,(H,25,29)(H2,24,26,30). The SMILES string of the molecule is Cn1cc(C(=O)NNC(=O)NCc2ccccc2CN2CCOCC2)c2ccccc21. The highest BCUT2D eigenvalue weighted by Gasteiger charge is 2.15. The predicted molar refractivity (Wildman–Crippen MR) is 118 cm³/mol. The van der Waals surface area contributed by atoms with Crippen LogP contribution in [0.15, 0.2) is 54.7 Å². The minimum Gasteiger partial charge on any atom is -0.379 e. The first-order chi connectivity index (χ1) is 15.1. The van der Waals surface area contributed by atoms with Crippen LogP contribution in [0.25, 0.3) is 10.9 Å². The van der Waals surface area contributed by atoms with Crippen LogP contribution in [-0.4, -0.2) is 47.7 Å². The Morgan fingerprint density at radius 1 is 0.968 bits per heavy atom. The van der Waals surface area contributed by atoms with Crippen molar-refractivity contribution in [3.63, 3.8) is 0 Å². The second kappa shape index (κ2) is 9.63. The molecule has 0 radical (unpaired) electrons. The van der Waals surface area contributed by atoms with Crippen LogP contribution >= 0.6 is 0 Å². The zero-order valence-corrected chi connectivity index (χ0v) is 17.6. The van der Waals surface area contributed by atoms with Gasteiger partial charge < -0.3 is 14.6 Å². The van der Waals surface area contributed by atoms with Gasteiger partial charge in [-0.05, 0) is 17.2 Å². The molecule has 0 spiro atoms. The highest BCUT2D eigenvalue weighted by Crippen LogP contribution is 2.19. The predicted octanol–water partition coefficient (Wildman–Crippen LogP) is 2.15. The van der Waals surface area contributed by atoms with E-state index >= 15 is 0 Å². The summed E-state index contributed by atoms with van der Waals surface area (Å²) in [6.07, 6.45) is 1.75. The van der Waals surface area contributed by atoms with Crippen LogP contribution in [0, 0.1) is 0 Å². The van der Waals surface area contributed by atoms with E-state index in [9.17, 15) is 9.59 Å². The van der Waals surface area contributed by atoms with Gasteiger partial charge in [-0.1, -0.05) is 42.5 Å². The number of carbonyl (C=O) groups is 2. The van der Waals surface area contributed by atoms with E-state index in [1.54, 1.807) is 6.20 Å². The fourth-order valence-electron chi connectivity index (χ4n) is 3.81. The Kier molecular flexibility index (Phi) is 6.49. The molecule has 3 aromatic rings. The molecule has 1 aromatic heterocycles. The molecule has 2 aromatic carbocycles. The molecule has 4 rings (SSSR count). The van der Waals surface area contributed by atoms with Crippen LogP contribution in [0.3, 0.4) is 0 Å². The Labute approximate surface area is 181 Å². The number of ether oxygens (including phenoxy) is 1. The van der Waals surface area contributed by atoms with E-state index in [2.05, 4.69) is 27.1 Å². The maximum Gasteiger partial charge on any atom is 0.333 e. The van der Waals surface area contributed by atoms with Crippen molar-refractivity contribution in [2.45, 2.75) is 13.1 Å². The van der Waals surface area contributed by atoms with Gasteiger partial charge in [-0.2, -0.15) is 0 Å². The third-order valence-electron chi connectivity index (χ3n) is 5.49. The first-order valence-electron chi connectivity index (χ1n) is 10.4. The second-order valence-corrected chi connectivity index (χ2v) is 7.59. The number of para-hydroxylation sites is 1. The second-order valence-electron chi connectivity index (χ2n) is 7.59. The Morgan fingerprint density at radius 3 is 2.48 bits per heavy atom. The zero-order chi connectivity index (χ0) is 21.6. The lowest BCUT2D eigenvalue weighted by Gasteiger charge is -2.27. The Bertz CT molecular complexity index is 1070. The molecule has 1 saturated heterocycles. The molecule has 1 fully saturated rings. The molecule has 31 heavy (non-hydrogen) atoms. The molecule has 1 aliphatic heterocycles. The quantitative estimate of drug-likeness (QED) is 0.551. The number of carbonyl (C=O) groups excluding carboxylic acids is 2. The van der Waals surface area contributed by atoms with E-state index < -0.39 is 6.03 Å². The largest absolute Gasteiger partial charge is 0.379 e. The Hall–Kier alpha value is -3.36. The van der Waals surface area contributed by atoms with Gasteiger partial charge >= 0.3 is 6.03 Å². The maximum atomic E-state index is 12.5. The molecule has 0 atom stereocenters. The molecule has 0 bridgehead atoms. The average molecular weight is 422 g/mol. The van der Waals surface area contributed by atoms with Crippen molar-refractivity contribution in [1.29, 1.82) is 0 Å². The maximum absolute atomic E-state index is 12.5.